The number of hydrogen-bond donors (Lipinski definition) is 1. The van der Waals surface area contributed by atoms with Crippen molar-refractivity contribution in [3.8, 4) is 0 Å². The minimum absolute atomic E-state index is 0. The third kappa shape index (κ3) is 2.95. The van der Waals surface area contributed by atoms with E-state index >= 15 is 0 Å². The van der Waals surface area contributed by atoms with Crippen LogP contribution < -0.4 is 5.73 Å². The van der Waals surface area contributed by atoms with Crippen LogP contribution in [0.4, 0.5) is 0 Å². The maximum Gasteiger partial charge on any atom is 0.193 e. The highest BCUT2D eigenvalue weighted by Crippen LogP contribution is 2.10. The first-order chi connectivity index (χ1) is 5.55. The number of sulfone groups is 1. The second-order valence-electron chi connectivity index (χ2n) is 2.44. The number of aromatic nitrogens is 1. The predicted molar refractivity (Wildman–Crippen MR) is 52.5 cm³/mol. The van der Waals surface area contributed by atoms with Crippen molar-refractivity contribution in [2.45, 2.75) is 11.6 Å². The van der Waals surface area contributed by atoms with Crippen LogP contribution >= 0.6 is 12.4 Å². The number of rotatable bonds is 2. The lowest BCUT2D eigenvalue weighted by Gasteiger charge is -2.02. The first kappa shape index (κ1) is 12.3. The van der Waals surface area contributed by atoms with Gasteiger partial charge in [-0.2, -0.15) is 0 Å². The lowest BCUT2D eigenvalue weighted by molar-refractivity contribution is 0.596. The van der Waals surface area contributed by atoms with Gasteiger partial charge < -0.3 is 5.73 Å². The maximum atomic E-state index is 11.1. The van der Waals surface area contributed by atoms with E-state index in [4.69, 9.17) is 5.73 Å². The fourth-order valence-electron chi connectivity index (χ4n) is 0.913. The van der Waals surface area contributed by atoms with E-state index in [0.717, 1.165) is 6.26 Å². The molecule has 0 saturated carbocycles. The van der Waals surface area contributed by atoms with Crippen LogP contribution in [-0.2, 0) is 16.4 Å². The molecule has 0 unspecified atom stereocenters. The van der Waals surface area contributed by atoms with Crippen molar-refractivity contribution in [1.29, 1.82) is 0 Å². The zero-order valence-corrected chi connectivity index (χ0v) is 8.73. The third-order valence-corrected chi connectivity index (χ3v) is 2.49. The van der Waals surface area contributed by atoms with Gasteiger partial charge in [-0.15, -0.1) is 12.4 Å². The van der Waals surface area contributed by atoms with E-state index in [2.05, 4.69) is 4.98 Å². The minimum atomic E-state index is -3.24. The van der Waals surface area contributed by atoms with Crippen molar-refractivity contribution in [3.63, 3.8) is 0 Å². The largest absolute Gasteiger partial charge is 0.326 e. The predicted octanol–water partition coefficient (Wildman–Crippen LogP) is 0.366. The zero-order valence-electron chi connectivity index (χ0n) is 7.10. The van der Waals surface area contributed by atoms with Crippen molar-refractivity contribution in [2.75, 3.05) is 6.26 Å². The fourth-order valence-corrected chi connectivity index (χ4v) is 1.79. The summed E-state index contributed by atoms with van der Waals surface area (Å²) in [6.07, 6.45) is 2.56. The summed E-state index contributed by atoms with van der Waals surface area (Å²) in [6, 6.07) is 3.32. The molecule has 1 aromatic heterocycles. The lowest BCUT2D eigenvalue weighted by Crippen LogP contribution is -2.08. The van der Waals surface area contributed by atoms with E-state index in [-0.39, 0.29) is 24.0 Å². The van der Waals surface area contributed by atoms with Crippen molar-refractivity contribution < 1.29 is 8.42 Å². The topological polar surface area (TPSA) is 73.0 Å². The molecule has 0 atom stereocenters. The van der Waals surface area contributed by atoms with E-state index in [0.29, 0.717) is 5.56 Å². The molecule has 0 aromatic carbocycles. The second-order valence-corrected chi connectivity index (χ2v) is 4.37. The summed E-state index contributed by atoms with van der Waals surface area (Å²) >= 11 is 0. The molecule has 0 saturated heterocycles. The molecule has 0 spiro atoms. The van der Waals surface area contributed by atoms with Gasteiger partial charge in [0.1, 0.15) is 0 Å². The van der Waals surface area contributed by atoms with Crippen LogP contribution in [-0.4, -0.2) is 19.7 Å². The lowest BCUT2D eigenvalue weighted by atomic mass is 10.3. The molecule has 74 valence electrons. The molecule has 0 fully saturated rings. The van der Waals surface area contributed by atoms with Gasteiger partial charge in [0.05, 0.1) is 0 Å². The molecule has 0 aliphatic heterocycles. The average Bonchev–Trinajstić information content (AvgIpc) is 2.03. The number of nitrogens with zero attached hydrogens (tertiary/aromatic N) is 1. The van der Waals surface area contributed by atoms with Gasteiger partial charge >= 0.3 is 0 Å². The zero-order chi connectivity index (χ0) is 9.19. The Hall–Kier alpha value is -0.650. The molecule has 6 heteroatoms. The Bertz CT molecular complexity index is 378. The smallest absolute Gasteiger partial charge is 0.193 e. The molecule has 0 amide bonds. The Labute approximate surface area is 83.5 Å². The van der Waals surface area contributed by atoms with E-state index < -0.39 is 9.84 Å². The van der Waals surface area contributed by atoms with Gasteiger partial charge in [-0.25, -0.2) is 13.4 Å². The van der Waals surface area contributed by atoms with E-state index in [9.17, 15) is 8.42 Å². The van der Waals surface area contributed by atoms with Crippen LogP contribution in [0.5, 0.6) is 0 Å². The van der Waals surface area contributed by atoms with Gasteiger partial charge in [0.2, 0.25) is 0 Å². The molecule has 1 rings (SSSR count). The summed E-state index contributed by atoms with van der Waals surface area (Å²) in [4.78, 5) is 3.75. The Kier molecular flexibility index (Phi) is 4.32. The minimum Gasteiger partial charge on any atom is -0.326 e. The normalized spacial score (nSPS) is 10.6. The monoisotopic (exact) mass is 222 g/mol. The van der Waals surface area contributed by atoms with Gasteiger partial charge in [0, 0.05) is 24.6 Å². The summed E-state index contributed by atoms with van der Waals surface area (Å²) in [5.41, 5.74) is 5.90. The van der Waals surface area contributed by atoms with E-state index in [1.807, 2.05) is 0 Å². The maximum absolute atomic E-state index is 11.1. The van der Waals surface area contributed by atoms with Gasteiger partial charge in [0.25, 0.3) is 0 Å². The molecule has 13 heavy (non-hydrogen) atoms. The molecule has 2 N–H and O–H groups in total. The fraction of sp³-hybridized carbons (Fsp3) is 0.286. The molecule has 0 radical (unpaired) electrons. The Morgan fingerprint density at radius 3 is 2.54 bits per heavy atom. The van der Waals surface area contributed by atoms with E-state index in [1.165, 1.54) is 6.20 Å². The van der Waals surface area contributed by atoms with Crippen molar-refractivity contribution in [3.05, 3.63) is 23.9 Å². The van der Waals surface area contributed by atoms with Gasteiger partial charge in [-0.05, 0) is 6.07 Å². The van der Waals surface area contributed by atoms with Gasteiger partial charge in [-0.3, -0.25) is 0 Å². The van der Waals surface area contributed by atoms with Gasteiger partial charge in [-0.1, -0.05) is 6.07 Å². The highest BCUT2D eigenvalue weighted by Gasteiger charge is 2.12. The summed E-state index contributed by atoms with van der Waals surface area (Å²) in [6.45, 7) is 0.191. The number of pyridine rings is 1. The Morgan fingerprint density at radius 2 is 2.15 bits per heavy atom. The number of nitrogens with two attached hydrogens (primary N) is 1. The molecule has 1 heterocycles. The molecule has 1 aromatic rings. The van der Waals surface area contributed by atoms with Crippen molar-refractivity contribution in [1.82, 2.24) is 4.98 Å². The van der Waals surface area contributed by atoms with Crippen LogP contribution in [0.15, 0.2) is 23.4 Å². The second kappa shape index (κ2) is 4.55. The average molecular weight is 223 g/mol. The summed E-state index contributed by atoms with van der Waals surface area (Å²) in [5.74, 6) is 0. The summed E-state index contributed by atoms with van der Waals surface area (Å²) < 4.78 is 22.2. The van der Waals surface area contributed by atoms with Crippen molar-refractivity contribution >= 4 is 22.2 Å². The SMILES string of the molecule is CS(=O)(=O)c1ncccc1CN.Cl. The van der Waals surface area contributed by atoms with Crippen LogP contribution in [0.25, 0.3) is 0 Å². The number of hydrogen-bond acceptors (Lipinski definition) is 4. The highest BCUT2D eigenvalue weighted by atomic mass is 35.5. The first-order valence-electron chi connectivity index (χ1n) is 3.39. The molecular weight excluding hydrogens is 212 g/mol. The molecular formula is C7H11ClN2O2S. The van der Waals surface area contributed by atoms with Gasteiger partial charge in [0.15, 0.2) is 14.9 Å². The Balaban J connectivity index is 0.00000144. The summed E-state index contributed by atoms with van der Waals surface area (Å²) in [5, 5.41) is 0.0764. The number of halogens is 1. The van der Waals surface area contributed by atoms with Crippen LogP contribution in [0.2, 0.25) is 0 Å². The first-order valence-corrected chi connectivity index (χ1v) is 5.29. The molecule has 0 bridgehead atoms. The van der Waals surface area contributed by atoms with E-state index in [1.54, 1.807) is 12.1 Å². The molecule has 4 nitrogen and oxygen atoms in total. The van der Waals surface area contributed by atoms with Crippen LogP contribution in [0.1, 0.15) is 5.56 Å². The summed E-state index contributed by atoms with van der Waals surface area (Å²) in [7, 11) is -3.24. The van der Waals surface area contributed by atoms with Crippen LogP contribution in [0.3, 0.4) is 0 Å². The molecule has 0 aliphatic rings. The molecule has 0 aliphatic carbocycles. The third-order valence-electron chi connectivity index (χ3n) is 1.42. The standard InChI is InChI=1S/C7H10N2O2S.ClH/c1-12(10,11)7-6(5-8)3-2-4-9-7;/h2-4H,5,8H2,1H3;1H. The highest BCUT2D eigenvalue weighted by molar-refractivity contribution is 7.90. The van der Waals surface area contributed by atoms with Crippen molar-refractivity contribution in [2.24, 2.45) is 5.73 Å². The quantitative estimate of drug-likeness (QED) is 0.785. The van der Waals surface area contributed by atoms with Crippen LogP contribution in [0, 0.1) is 0 Å². The Morgan fingerprint density at radius 1 is 1.54 bits per heavy atom.